The van der Waals surface area contributed by atoms with Gasteiger partial charge in [-0.1, -0.05) is 0 Å². The van der Waals surface area contributed by atoms with Crippen molar-refractivity contribution in [1.82, 2.24) is 0 Å². The Hall–Kier alpha value is -0.570. The molecule has 0 bridgehead atoms. The van der Waals surface area contributed by atoms with Crippen LogP contribution in [0, 0.1) is 17.8 Å². The Kier molecular flexibility index (Phi) is 2.28. The van der Waals surface area contributed by atoms with Gasteiger partial charge in [0, 0.05) is 6.04 Å². The summed E-state index contributed by atoms with van der Waals surface area (Å²) in [4.78, 5) is 11.3. The SMILES string of the molecule is COC(=O)[C@H]1CCC2CC2C(N)C1. The van der Waals surface area contributed by atoms with E-state index in [1.807, 2.05) is 0 Å². The summed E-state index contributed by atoms with van der Waals surface area (Å²) in [5, 5.41) is 0. The summed E-state index contributed by atoms with van der Waals surface area (Å²) < 4.78 is 4.75. The summed E-state index contributed by atoms with van der Waals surface area (Å²) in [5.41, 5.74) is 6.00. The van der Waals surface area contributed by atoms with Crippen molar-refractivity contribution in [2.24, 2.45) is 23.5 Å². The fourth-order valence-corrected chi connectivity index (χ4v) is 2.54. The van der Waals surface area contributed by atoms with Crippen molar-refractivity contribution in [1.29, 1.82) is 0 Å². The van der Waals surface area contributed by atoms with E-state index in [0.717, 1.165) is 25.2 Å². The Morgan fingerprint density at radius 1 is 1.38 bits per heavy atom. The molecule has 0 saturated heterocycles. The minimum atomic E-state index is -0.0725. The Labute approximate surface area is 78.6 Å². The van der Waals surface area contributed by atoms with Crippen LogP contribution >= 0.6 is 0 Å². The van der Waals surface area contributed by atoms with Crippen molar-refractivity contribution < 1.29 is 9.53 Å². The van der Waals surface area contributed by atoms with Crippen molar-refractivity contribution in [2.45, 2.75) is 31.7 Å². The van der Waals surface area contributed by atoms with Gasteiger partial charge >= 0.3 is 5.97 Å². The molecule has 0 amide bonds. The van der Waals surface area contributed by atoms with Crippen LogP contribution in [0.5, 0.6) is 0 Å². The van der Waals surface area contributed by atoms with Gasteiger partial charge in [0.15, 0.2) is 0 Å². The fraction of sp³-hybridized carbons (Fsp3) is 0.900. The van der Waals surface area contributed by atoms with Gasteiger partial charge in [-0.2, -0.15) is 0 Å². The highest BCUT2D eigenvalue weighted by atomic mass is 16.5. The van der Waals surface area contributed by atoms with E-state index in [9.17, 15) is 4.79 Å². The van der Waals surface area contributed by atoms with Crippen LogP contribution in [0.4, 0.5) is 0 Å². The zero-order valence-electron chi connectivity index (χ0n) is 8.03. The van der Waals surface area contributed by atoms with E-state index in [2.05, 4.69) is 0 Å². The topological polar surface area (TPSA) is 52.3 Å². The predicted molar refractivity (Wildman–Crippen MR) is 48.9 cm³/mol. The molecule has 0 spiro atoms. The Balaban J connectivity index is 1.96. The fourth-order valence-electron chi connectivity index (χ4n) is 2.54. The molecule has 0 aromatic carbocycles. The minimum absolute atomic E-state index is 0.0628. The third kappa shape index (κ3) is 1.70. The van der Waals surface area contributed by atoms with Crippen LogP contribution < -0.4 is 5.73 Å². The molecule has 0 radical (unpaired) electrons. The molecule has 2 N–H and O–H groups in total. The summed E-state index contributed by atoms with van der Waals surface area (Å²) in [6, 6.07) is 0.233. The van der Waals surface area contributed by atoms with Gasteiger partial charge in [-0.3, -0.25) is 4.79 Å². The first-order chi connectivity index (χ1) is 6.22. The first-order valence-electron chi connectivity index (χ1n) is 5.05. The van der Waals surface area contributed by atoms with Gasteiger partial charge < -0.3 is 10.5 Å². The average molecular weight is 183 g/mol. The van der Waals surface area contributed by atoms with Gasteiger partial charge in [-0.25, -0.2) is 0 Å². The van der Waals surface area contributed by atoms with Crippen molar-refractivity contribution in [2.75, 3.05) is 7.11 Å². The molecule has 2 aliphatic rings. The molecular weight excluding hydrogens is 166 g/mol. The van der Waals surface area contributed by atoms with E-state index in [4.69, 9.17) is 10.5 Å². The molecule has 0 aromatic rings. The zero-order chi connectivity index (χ0) is 9.42. The molecule has 2 rings (SSSR count). The van der Waals surface area contributed by atoms with Gasteiger partial charge in [0.05, 0.1) is 13.0 Å². The number of esters is 1. The van der Waals surface area contributed by atoms with E-state index in [1.165, 1.54) is 13.5 Å². The van der Waals surface area contributed by atoms with Crippen LogP contribution in [-0.4, -0.2) is 19.1 Å². The third-order valence-corrected chi connectivity index (χ3v) is 3.50. The standard InChI is InChI=1S/C10H17NO2/c1-13-10(12)7-3-2-6-4-8(6)9(11)5-7/h6-9H,2-5,11H2,1H3/t6?,7-,8?,9?/m0/s1. The number of methoxy groups -OCH3 is 1. The van der Waals surface area contributed by atoms with E-state index in [-0.39, 0.29) is 17.9 Å². The molecule has 4 atom stereocenters. The second kappa shape index (κ2) is 3.29. The number of hydrogen-bond donors (Lipinski definition) is 1. The number of carbonyl (C=O) groups is 1. The van der Waals surface area contributed by atoms with Crippen LogP contribution in [0.3, 0.4) is 0 Å². The lowest BCUT2D eigenvalue weighted by molar-refractivity contribution is -0.146. The molecule has 3 nitrogen and oxygen atoms in total. The normalized spacial score (nSPS) is 43.2. The lowest BCUT2D eigenvalue weighted by Gasteiger charge is -2.15. The summed E-state index contributed by atoms with van der Waals surface area (Å²) in [5.74, 6) is 1.50. The van der Waals surface area contributed by atoms with Crippen LogP contribution in [0.1, 0.15) is 25.7 Å². The van der Waals surface area contributed by atoms with Crippen LogP contribution in [0.15, 0.2) is 0 Å². The molecule has 3 unspecified atom stereocenters. The maximum absolute atomic E-state index is 11.3. The first kappa shape index (κ1) is 9.00. The van der Waals surface area contributed by atoms with Gasteiger partial charge in [0.2, 0.25) is 0 Å². The van der Waals surface area contributed by atoms with E-state index in [0.29, 0.717) is 5.92 Å². The molecule has 13 heavy (non-hydrogen) atoms. The molecule has 0 aliphatic heterocycles. The highest BCUT2D eigenvalue weighted by molar-refractivity contribution is 5.72. The van der Waals surface area contributed by atoms with Crippen molar-refractivity contribution in [3.63, 3.8) is 0 Å². The number of ether oxygens (including phenoxy) is 1. The number of rotatable bonds is 1. The molecule has 2 aliphatic carbocycles. The molecule has 0 heterocycles. The Bertz CT molecular complexity index is 217. The molecule has 3 heteroatoms. The van der Waals surface area contributed by atoms with Crippen LogP contribution in [0.2, 0.25) is 0 Å². The zero-order valence-corrected chi connectivity index (χ0v) is 8.03. The summed E-state index contributed by atoms with van der Waals surface area (Å²) in [7, 11) is 1.46. The second-order valence-electron chi connectivity index (χ2n) is 4.36. The highest BCUT2D eigenvalue weighted by Crippen LogP contribution is 2.48. The monoisotopic (exact) mass is 183 g/mol. The smallest absolute Gasteiger partial charge is 0.308 e. The van der Waals surface area contributed by atoms with Crippen molar-refractivity contribution in [3.8, 4) is 0 Å². The van der Waals surface area contributed by atoms with Crippen LogP contribution in [-0.2, 0) is 9.53 Å². The Morgan fingerprint density at radius 2 is 2.15 bits per heavy atom. The molecule has 2 saturated carbocycles. The van der Waals surface area contributed by atoms with E-state index >= 15 is 0 Å². The molecule has 0 aromatic heterocycles. The van der Waals surface area contributed by atoms with Crippen molar-refractivity contribution >= 4 is 5.97 Å². The minimum Gasteiger partial charge on any atom is -0.469 e. The molecular formula is C10H17NO2. The largest absolute Gasteiger partial charge is 0.469 e. The number of hydrogen-bond acceptors (Lipinski definition) is 3. The first-order valence-corrected chi connectivity index (χ1v) is 5.05. The number of fused-ring (bicyclic) bond motifs is 1. The van der Waals surface area contributed by atoms with Crippen LogP contribution in [0.25, 0.3) is 0 Å². The highest BCUT2D eigenvalue weighted by Gasteiger charge is 2.45. The maximum atomic E-state index is 11.3. The Morgan fingerprint density at radius 3 is 2.85 bits per heavy atom. The molecule has 74 valence electrons. The second-order valence-corrected chi connectivity index (χ2v) is 4.36. The van der Waals surface area contributed by atoms with Gasteiger partial charge in [0.25, 0.3) is 0 Å². The third-order valence-electron chi connectivity index (χ3n) is 3.50. The predicted octanol–water partition coefficient (Wildman–Crippen LogP) is 0.923. The van der Waals surface area contributed by atoms with Gasteiger partial charge in [-0.05, 0) is 37.5 Å². The quantitative estimate of drug-likeness (QED) is 0.615. The maximum Gasteiger partial charge on any atom is 0.308 e. The van der Waals surface area contributed by atoms with Crippen molar-refractivity contribution in [3.05, 3.63) is 0 Å². The summed E-state index contributed by atoms with van der Waals surface area (Å²) >= 11 is 0. The lowest BCUT2D eigenvalue weighted by Crippen LogP contribution is -2.28. The van der Waals surface area contributed by atoms with E-state index in [1.54, 1.807) is 0 Å². The number of carbonyl (C=O) groups excluding carboxylic acids is 1. The average Bonchev–Trinajstić information content (AvgIpc) is 2.88. The van der Waals surface area contributed by atoms with Gasteiger partial charge in [-0.15, -0.1) is 0 Å². The lowest BCUT2D eigenvalue weighted by atomic mass is 9.96. The summed E-state index contributed by atoms with van der Waals surface area (Å²) in [6.07, 6.45) is 4.25. The molecule has 2 fully saturated rings. The van der Waals surface area contributed by atoms with E-state index < -0.39 is 0 Å². The summed E-state index contributed by atoms with van der Waals surface area (Å²) in [6.45, 7) is 0. The van der Waals surface area contributed by atoms with Gasteiger partial charge in [0.1, 0.15) is 0 Å². The number of nitrogens with two attached hydrogens (primary N) is 1.